The predicted octanol–water partition coefficient (Wildman–Crippen LogP) is 6.79. The van der Waals surface area contributed by atoms with Crippen LogP contribution in [0.15, 0.2) is 79.0 Å². The first-order valence-corrected chi connectivity index (χ1v) is 13.6. The lowest BCUT2D eigenvalue weighted by molar-refractivity contribution is -0.120. The van der Waals surface area contributed by atoms with E-state index in [-0.39, 0.29) is 24.4 Å². The molecule has 4 aromatic rings. The molecular weight excluding hydrogens is 549 g/mol. The summed E-state index contributed by atoms with van der Waals surface area (Å²) in [4.78, 5) is 31.3. The van der Waals surface area contributed by atoms with Gasteiger partial charge in [0.1, 0.15) is 24.1 Å². The number of carbonyl (C=O) groups is 2. The van der Waals surface area contributed by atoms with Gasteiger partial charge in [-0.2, -0.15) is 0 Å². The van der Waals surface area contributed by atoms with E-state index in [1.165, 1.54) is 4.90 Å². The molecule has 1 aliphatic heterocycles. The molecule has 0 saturated carbocycles. The highest BCUT2D eigenvalue weighted by atomic mass is 35.5. The summed E-state index contributed by atoms with van der Waals surface area (Å²) in [5.74, 6) is 0.653. The van der Waals surface area contributed by atoms with Gasteiger partial charge in [0, 0.05) is 33.4 Å². The Kier molecular flexibility index (Phi) is 7.79. The third-order valence-electron chi connectivity index (χ3n) is 7.02. The molecule has 9 heteroatoms. The van der Waals surface area contributed by atoms with Crippen molar-refractivity contribution in [2.24, 2.45) is 0 Å². The SMILES string of the molecule is COc1ccc(OC)c(C2c3cccn3-c3ccccc3N2C(=O)CN(C(=O)c2cc(Cl)cc(Cl)c2)C(C)C)c1. The fourth-order valence-corrected chi connectivity index (χ4v) is 5.69. The third-order valence-corrected chi connectivity index (χ3v) is 7.46. The third kappa shape index (κ3) is 5.03. The number of fused-ring (bicyclic) bond motifs is 3. The molecule has 0 N–H and O–H groups in total. The average molecular weight is 578 g/mol. The number of para-hydroxylation sites is 2. The minimum atomic E-state index is -0.549. The van der Waals surface area contributed by atoms with Gasteiger partial charge in [0.2, 0.25) is 5.91 Å². The van der Waals surface area contributed by atoms with E-state index >= 15 is 0 Å². The van der Waals surface area contributed by atoms with Crippen LogP contribution in [0.4, 0.5) is 5.69 Å². The molecule has 1 aliphatic rings. The molecule has 0 fully saturated rings. The first-order chi connectivity index (χ1) is 19.2. The van der Waals surface area contributed by atoms with Crippen LogP contribution in [0.2, 0.25) is 10.0 Å². The van der Waals surface area contributed by atoms with Crippen molar-refractivity contribution in [1.29, 1.82) is 0 Å². The topological polar surface area (TPSA) is 64.0 Å². The van der Waals surface area contributed by atoms with Crippen LogP contribution in [0, 0.1) is 0 Å². The molecule has 7 nitrogen and oxygen atoms in total. The van der Waals surface area contributed by atoms with Crippen molar-refractivity contribution in [1.82, 2.24) is 9.47 Å². The Morgan fingerprint density at radius 3 is 2.25 bits per heavy atom. The molecule has 0 radical (unpaired) electrons. The molecule has 1 unspecified atom stereocenters. The largest absolute Gasteiger partial charge is 0.497 e. The lowest BCUT2D eigenvalue weighted by Gasteiger charge is -2.40. The van der Waals surface area contributed by atoms with Gasteiger partial charge >= 0.3 is 0 Å². The number of amides is 2. The Bertz CT molecular complexity index is 1560. The van der Waals surface area contributed by atoms with Gasteiger partial charge in [0.05, 0.1) is 31.3 Å². The van der Waals surface area contributed by atoms with Gasteiger partial charge in [0.25, 0.3) is 5.91 Å². The summed E-state index contributed by atoms with van der Waals surface area (Å²) in [5, 5.41) is 0.698. The number of hydrogen-bond acceptors (Lipinski definition) is 4. The molecule has 0 spiro atoms. The molecule has 0 saturated heterocycles. The molecular formula is C31H29Cl2N3O4. The van der Waals surface area contributed by atoms with Crippen LogP contribution in [-0.2, 0) is 4.79 Å². The predicted molar refractivity (Wildman–Crippen MR) is 157 cm³/mol. The second kappa shape index (κ2) is 11.3. The quantitative estimate of drug-likeness (QED) is 0.242. The second-order valence-corrected chi connectivity index (χ2v) is 10.6. The lowest BCUT2D eigenvalue weighted by atomic mass is 9.96. The summed E-state index contributed by atoms with van der Waals surface area (Å²) in [6, 6.07) is 21.0. The maximum atomic E-state index is 14.4. The zero-order valence-corrected chi connectivity index (χ0v) is 24.1. The monoisotopic (exact) mass is 577 g/mol. The fraction of sp³-hybridized carbons (Fsp3) is 0.226. The van der Waals surface area contributed by atoms with E-state index in [1.807, 2.05) is 74.6 Å². The summed E-state index contributed by atoms with van der Waals surface area (Å²) in [7, 11) is 3.20. The Morgan fingerprint density at radius 1 is 0.900 bits per heavy atom. The number of nitrogens with zero attached hydrogens (tertiary/aromatic N) is 3. The minimum Gasteiger partial charge on any atom is -0.497 e. The Balaban J connectivity index is 1.62. The Hall–Kier alpha value is -3.94. The van der Waals surface area contributed by atoms with Gasteiger partial charge in [0.15, 0.2) is 0 Å². The van der Waals surface area contributed by atoms with Crippen molar-refractivity contribution in [3.05, 3.63) is 106 Å². The second-order valence-electron chi connectivity index (χ2n) is 9.75. The minimum absolute atomic E-state index is 0.168. The summed E-state index contributed by atoms with van der Waals surface area (Å²) in [5.41, 5.74) is 3.53. The van der Waals surface area contributed by atoms with E-state index in [2.05, 4.69) is 4.57 Å². The molecule has 5 rings (SSSR count). The van der Waals surface area contributed by atoms with Gasteiger partial charge in [-0.25, -0.2) is 0 Å². The molecule has 0 aliphatic carbocycles. The van der Waals surface area contributed by atoms with Gasteiger partial charge in [-0.05, 0) is 74.5 Å². The van der Waals surface area contributed by atoms with E-state index in [0.29, 0.717) is 32.8 Å². The van der Waals surface area contributed by atoms with Crippen LogP contribution >= 0.6 is 23.2 Å². The van der Waals surface area contributed by atoms with Crippen LogP contribution in [0.5, 0.6) is 11.5 Å². The molecule has 2 heterocycles. The molecule has 1 aromatic heterocycles. The van der Waals surface area contributed by atoms with E-state index < -0.39 is 6.04 Å². The van der Waals surface area contributed by atoms with Gasteiger partial charge in [-0.1, -0.05) is 35.3 Å². The number of aromatic nitrogens is 1. The molecule has 206 valence electrons. The highest BCUT2D eigenvalue weighted by molar-refractivity contribution is 6.35. The number of anilines is 1. The van der Waals surface area contributed by atoms with Crippen molar-refractivity contribution >= 4 is 40.7 Å². The maximum Gasteiger partial charge on any atom is 0.254 e. The van der Waals surface area contributed by atoms with Gasteiger partial charge < -0.3 is 18.9 Å². The van der Waals surface area contributed by atoms with Crippen LogP contribution in [0.25, 0.3) is 5.69 Å². The average Bonchev–Trinajstić information content (AvgIpc) is 3.43. The fourth-order valence-electron chi connectivity index (χ4n) is 5.16. The summed E-state index contributed by atoms with van der Waals surface area (Å²) >= 11 is 12.4. The van der Waals surface area contributed by atoms with E-state index in [4.69, 9.17) is 32.7 Å². The van der Waals surface area contributed by atoms with E-state index in [9.17, 15) is 9.59 Å². The molecule has 2 amide bonds. The molecule has 0 bridgehead atoms. The highest BCUT2D eigenvalue weighted by Crippen LogP contribution is 2.45. The maximum absolute atomic E-state index is 14.4. The Labute approximate surface area is 243 Å². The molecule has 1 atom stereocenters. The summed E-state index contributed by atoms with van der Waals surface area (Å²) < 4.78 is 13.4. The number of methoxy groups -OCH3 is 2. The van der Waals surface area contributed by atoms with Crippen molar-refractivity contribution in [3.8, 4) is 17.2 Å². The lowest BCUT2D eigenvalue weighted by Crippen LogP contribution is -2.48. The van der Waals surface area contributed by atoms with Crippen molar-refractivity contribution in [2.45, 2.75) is 25.9 Å². The van der Waals surface area contributed by atoms with Crippen LogP contribution < -0.4 is 14.4 Å². The van der Waals surface area contributed by atoms with Crippen molar-refractivity contribution in [2.75, 3.05) is 25.7 Å². The number of benzene rings is 3. The molecule has 40 heavy (non-hydrogen) atoms. The number of rotatable bonds is 7. The van der Waals surface area contributed by atoms with Gasteiger partial charge in [-0.3, -0.25) is 14.5 Å². The standard InChI is InChI=1S/C31H29Cl2N3O4/c1-19(2)35(31(38)20-14-21(32)16-22(33)15-20)18-29(37)36-26-9-6-5-8-25(26)34-13-7-10-27(34)30(36)24-17-23(39-3)11-12-28(24)40-4/h5-17,19,30H,18H2,1-4H3. The summed E-state index contributed by atoms with van der Waals surface area (Å²) in [6.45, 7) is 3.57. The van der Waals surface area contributed by atoms with Crippen LogP contribution in [0.3, 0.4) is 0 Å². The van der Waals surface area contributed by atoms with Crippen molar-refractivity contribution < 1.29 is 19.1 Å². The molecule has 3 aromatic carbocycles. The number of ether oxygens (including phenoxy) is 2. The number of halogens is 2. The zero-order valence-electron chi connectivity index (χ0n) is 22.6. The Morgan fingerprint density at radius 2 is 1.60 bits per heavy atom. The first kappa shape index (κ1) is 27.6. The van der Waals surface area contributed by atoms with Gasteiger partial charge in [-0.15, -0.1) is 0 Å². The first-order valence-electron chi connectivity index (χ1n) is 12.8. The van der Waals surface area contributed by atoms with Crippen molar-refractivity contribution in [3.63, 3.8) is 0 Å². The van der Waals surface area contributed by atoms with Crippen LogP contribution in [0.1, 0.15) is 41.5 Å². The smallest absolute Gasteiger partial charge is 0.254 e. The number of hydrogen-bond donors (Lipinski definition) is 0. The van der Waals surface area contributed by atoms with E-state index in [0.717, 1.165) is 16.9 Å². The van der Waals surface area contributed by atoms with E-state index in [1.54, 1.807) is 37.3 Å². The summed E-state index contributed by atoms with van der Waals surface area (Å²) in [6.07, 6.45) is 1.97. The van der Waals surface area contributed by atoms with Crippen LogP contribution in [-0.4, -0.2) is 48.1 Å². The highest BCUT2D eigenvalue weighted by Gasteiger charge is 2.39. The zero-order chi connectivity index (χ0) is 28.6. The normalized spacial score (nSPS) is 14.0. The number of carbonyl (C=O) groups excluding carboxylic acids is 2.